The molecule has 2 heterocycles. The Morgan fingerprint density at radius 2 is 1.71 bits per heavy atom. The standard InChI is InChI=1S/C21H20Cl2N4O/c1-15-2-5-17(6-3-15)27-9-8-24-21(27)26-12-10-25(11-13-26)20(28)18-7-4-16(22)14-19(18)23/h2-9,14H,10-13H2,1H3. The highest BCUT2D eigenvalue weighted by molar-refractivity contribution is 6.36. The van der Waals surface area contributed by atoms with Gasteiger partial charge < -0.3 is 9.80 Å². The predicted octanol–water partition coefficient (Wildman–Crippen LogP) is 4.45. The summed E-state index contributed by atoms with van der Waals surface area (Å²) in [7, 11) is 0. The molecule has 0 N–H and O–H groups in total. The van der Waals surface area contributed by atoms with E-state index in [1.807, 2.05) is 11.1 Å². The number of anilines is 1. The van der Waals surface area contributed by atoms with Crippen LogP contribution in [0.4, 0.5) is 5.95 Å². The van der Waals surface area contributed by atoms with Crippen LogP contribution in [0, 0.1) is 6.92 Å². The molecular weight excluding hydrogens is 395 g/mol. The Bertz CT molecular complexity index is 992. The first-order chi connectivity index (χ1) is 13.5. The lowest BCUT2D eigenvalue weighted by atomic mass is 10.2. The molecule has 1 aliphatic heterocycles. The Morgan fingerprint density at radius 3 is 2.39 bits per heavy atom. The molecule has 0 spiro atoms. The monoisotopic (exact) mass is 414 g/mol. The molecule has 1 saturated heterocycles. The summed E-state index contributed by atoms with van der Waals surface area (Å²) in [4.78, 5) is 21.4. The SMILES string of the molecule is Cc1ccc(-n2ccnc2N2CCN(C(=O)c3ccc(Cl)cc3Cl)CC2)cc1. The Morgan fingerprint density at radius 1 is 1.00 bits per heavy atom. The van der Waals surface area contributed by atoms with E-state index in [-0.39, 0.29) is 5.91 Å². The first kappa shape index (κ1) is 18.8. The van der Waals surface area contributed by atoms with E-state index in [0.717, 1.165) is 11.6 Å². The Kier molecular flexibility index (Phi) is 5.29. The average Bonchev–Trinajstić information content (AvgIpc) is 3.18. The van der Waals surface area contributed by atoms with Crippen molar-refractivity contribution in [3.05, 3.63) is 76.0 Å². The number of aryl methyl sites for hydroxylation is 1. The van der Waals surface area contributed by atoms with Crippen molar-refractivity contribution in [1.29, 1.82) is 0 Å². The van der Waals surface area contributed by atoms with Gasteiger partial charge in [0.05, 0.1) is 10.6 Å². The van der Waals surface area contributed by atoms with E-state index in [0.29, 0.717) is 41.8 Å². The number of amides is 1. The number of imidazole rings is 1. The normalized spacial score (nSPS) is 14.4. The molecule has 1 amide bonds. The van der Waals surface area contributed by atoms with Crippen LogP contribution in [0.5, 0.6) is 0 Å². The van der Waals surface area contributed by atoms with Crippen molar-refractivity contribution < 1.29 is 4.79 Å². The highest BCUT2D eigenvalue weighted by Crippen LogP contribution is 2.24. The molecule has 0 saturated carbocycles. The van der Waals surface area contributed by atoms with Gasteiger partial charge in [-0.25, -0.2) is 4.98 Å². The van der Waals surface area contributed by atoms with Crippen LogP contribution in [0.15, 0.2) is 54.9 Å². The summed E-state index contributed by atoms with van der Waals surface area (Å²) < 4.78 is 2.08. The molecule has 4 rings (SSSR count). The minimum atomic E-state index is -0.0665. The fourth-order valence-electron chi connectivity index (χ4n) is 3.38. The summed E-state index contributed by atoms with van der Waals surface area (Å²) in [6, 6.07) is 13.3. The Balaban J connectivity index is 1.47. The molecule has 5 nitrogen and oxygen atoms in total. The summed E-state index contributed by atoms with van der Waals surface area (Å²) in [6.07, 6.45) is 3.77. The lowest BCUT2D eigenvalue weighted by molar-refractivity contribution is 0.0746. The number of nitrogens with zero attached hydrogens (tertiary/aromatic N) is 4. The largest absolute Gasteiger partial charge is 0.338 e. The number of halogens is 2. The quantitative estimate of drug-likeness (QED) is 0.635. The zero-order valence-electron chi connectivity index (χ0n) is 15.5. The van der Waals surface area contributed by atoms with Crippen LogP contribution in [0.25, 0.3) is 5.69 Å². The van der Waals surface area contributed by atoms with Crippen molar-refractivity contribution in [3.63, 3.8) is 0 Å². The van der Waals surface area contributed by atoms with Gasteiger partial charge in [0.25, 0.3) is 5.91 Å². The van der Waals surface area contributed by atoms with E-state index in [4.69, 9.17) is 23.2 Å². The van der Waals surface area contributed by atoms with Crippen LogP contribution in [0.3, 0.4) is 0 Å². The second-order valence-electron chi connectivity index (χ2n) is 6.84. The maximum Gasteiger partial charge on any atom is 0.255 e. The molecule has 0 aliphatic carbocycles. The van der Waals surface area contributed by atoms with Crippen molar-refractivity contribution >= 4 is 35.1 Å². The molecule has 0 unspecified atom stereocenters. The molecule has 0 bridgehead atoms. The Labute approximate surface area is 174 Å². The maximum atomic E-state index is 12.8. The van der Waals surface area contributed by atoms with Gasteiger partial charge in [-0.3, -0.25) is 9.36 Å². The molecular formula is C21H20Cl2N4O. The zero-order valence-corrected chi connectivity index (χ0v) is 17.0. The van der Waals surface area contributed by atoms with E-state index in [9.17, 15) is 4.79 Å². The van der Waals surface area contributed by atoms with E-state index < -0.39 is 0 Å². The summed E-state index contributed by atoms with van der Waals surface area (Å²) in [5.74, 6) is 0.823. The van der Waals surface area contributed by atoms with Crippen LogP contribution >= 0.6 is 23.2 Å². The number of carbonyl (C=O) groups is 1. The molecule has 1 aromatic heterocycles. The van der Waals surface area contributed by atoms with Gasteiger partial charge in [0.2, 0.25) is 5.95 Å². The number of rotatable bonds is 3. The maximum absolute atomic E-state index is 12.8. The number of benzene rings is 2. The lowest BCUT2D eigenvalue weighted by Crippen LogP contribution is -2.49. The first-order valence-electron chi connectivity index (χ1n) is 9.12. The second kappa shape index (κ2) is 7.86. The van der Waals surface area contributed by atoms with Gasteiger partial charge in [0, 0.05) is 49.3 Å². The molecule has 0 atom stereocenters. The molecule has 3 aromatic rings. The average molecular weight is 415 g/mol. The van der Waals surface area contributed by atoms with Crippen LogP contribution in [-0.2, 0) is 0 Å². The van der Waals surface area contributed by atoms with Gasteiger partial charge in [0.15, 0.2) is 0 Å². The fraction of sp³-hybridized carbons (Fsp3) is 0.238. The van der Waals surface area contributed by atoms with Gasteiger partial charge in [-0.1, -0.05) is 40.9 Å². The van der Waals surface area contributed by atoms with Gasteiger partial charge in [0.1, 0.15) is 0 Å². The first-order valence-corrected chi connectivity index (χ1v) is 9.88. The third-order valence-electron chi connectivity index (χ3n) is 4.94. The van der Waals surface area contributed by atoms with Gasteiger partial charge in [-0.05, 0) is 37.3 Å². The van der Waals surface area contributed by atoms with Crippen molar-refractivity contribution in [3.8, 4) is 5.69 Å². The highest BCUT2D eigenvalue weighted by Gasteiger charge is 2.25. The summed E-state index contributed by atoms with van der Waals surface area (Å²) in [5, 5.41) is 0.907. The molecule has 0 radical (unpaired) electrons. The minimum Gasteiger partial charge on any atom is -0.338 e. The van der Waals surface area contributed by atoms with Crippen LogP contribution in [0.2, 0.25) is 10.0 Å². The fourth-order valence-corrected chi connectivity index (χ4v) is 3.87. The van der Waals surface area contributed by atoms with Crippen LogP contribution in [0.1, 0.15) is 15.9 Å². The molecule has 1 fully saturated rings. The van der Waals surface area contributed by atoms with Crippen molar-refractivity contribution in [1.82, 2.24) is 14.5 Å². The van der Waals surface area contributed by atoms with E-state index >= 15 is 0 Å². The third kappa shape index (κ3) is 3.73. The van der Waals surface area contributed by atoms with Crippen LogP contribution in [-0.4, -0.2) is 46.5 Å². The summed E-state index contributed by atoms with van der Waals surface area (Å²) in [6.45, 7) is 4.71. The Hall–Kier alpha value is -2.50. The van der Waals surface area contributed by atoms with Gasteiger partial charge in [-0.2, -0.15) is 0 Å². The van der Waals surface area contributed by atoms with E-state index in [1.165, 1.54) is 5.56 Å². The van der Waals surface area contributed by atoms with Crippen molar-refractivity contribution in [2.75, 3.05) is 31.1 Å². The third-order valence-corrected chi connectivity index (χ3v) is 5.49. The number of hydrogen-bond donors (Lipinski definition) is 0. The lowest BCUT2D eigenvalue weighted by Gasteiger charge is -2.35. The second-order valence-corrected chi connectivity index (χ2v) is 7.68. The zero-order chi connectivity index (χ0) is 19.7. The smallest absolute Gasteiger partial charge is 0.255 e. The molecule has 144 valence electrons. The van der Waals surface area contributed by atoms with Crippen molar-refractivity contribution in [2.45, 2.75) is 6.92 Å². The van der Waals surface area contributed by atoms with Crippen LogP contribution < -0.4 is 4.90 Å². The number of aromatic nitrogens is 2. The summed E-state index contributed by atoms with van der Waals surface area (Å²) >= 11 is 12.1. The number of carbonyl (C=O) groups excluding carboxylic acids is 1. The van der Waals surface area contributed by atoms with Gasteiger partial charge in [-0.15, -0.1) is 0 Å². The number of piperazine rings is 1. The number of hydrogen-bond acceptors (Lipinski definition) is 3. The summed E-state index contributed by atoms with van der Waals surface area (Å²) in [5.41, 5.74) is 2.78. The highest BCUT2D eigenvalue weighted by atomic mass is 35.5. The van der Waals surface area contributed by atoms with E-state index in [1.54, 1.807) is 24.4 Å². The topological polar surface area (TPSA) is 41.4 Å². The predicted molar refractivity (Wildman–Crippen MR) is 113 cm³/mol. The van der Waals surface area contributed by atoms with Crippen molar-refractivity contribution in [2.24, 2.45) is 0 Å². The molecule has 7 heteroatoms. The minimum absolute atomic E-state index is 0.0665. The molecule has 28 heavy (non-hydrogen) atoms. The van der Waals surface area contributed by atoms with E-state index in [2.05, 4.69) is 45.6 Å². The van der Waals surface area contributed by atoms with Gasteiger partial charge >= 0.3 is 0 Å². The molecule has 2 aromatic carbocycles. The molecule has 1 aliphatic rings.